The third-order valence-electron chi connectivity index (χ3n) is 5.14. The molecule has 4 rings (SSSR count). The van der Waals surface area contributed by atoms with Gasteiger partial charge in [-0.25, -0.2) is 9.66 Å². The third-order valence-corrected chi connectivity index (χ3v) is 5.14. The number of nitro benzene ring substituents is 1. The molecule has 0 fully saturated rings. The first-order chi connectivity index (χ1) is 15.9. The van der Waals surface area contributed by atoms with E-state index in [1.807, 2.05) is 0 Å². The highest BCUT2D eigenvalue weighted by atomic mass is 16.6. The van der Waals surface area contributed by atoms with Crippen LogP contribution in [0.15, 0.2) is 65.5 Å². The molecule has 0 saturated heterocycles. The summed E-state index contributed by atoms with van der Waals surface area (Å²) in [7, 11) is 3.03. The van der Waals surface area contributed by atoms with Gasteiger partial charge in [0.25, 0.3) is 5.56 Å². The molecule has 0 amide bonds. The Balaban J connectivity index is 1.84. The highest BCUT2D eigenvalue weighted by Gasteiger charge is 2.18. The third kappa shape index (κ3) is 4.01. The summed E-state index contributed by atoms with van der Waals surface area (Å²) >= 11 is 0. The number of fused-ring (bicyclic) bond motifs is 1. The van der Waals surface area contributed by atoms with E-state index in [-0.39, 0.29) is 17.7 Å². The van der Waals surface area contributed by atoms with E-state index in [4.69, 9.17) is 9.47 Å². The Bertz CT molecular complexity index is 1420. The maximum Gasteiger partial charge on any atom is 0.311 e. The minimum absolute atomic E-state index is 0.0618. The summed E-state index contributed by atoms with van der Waals surface area (Å²) < 4.78 is 11.9. The van der Waals surface area contributed by atoms with Gasteiger partial charge in [0.05, 0.1) is 36.6 Å². The average molecular weight is 448 g/mol. The second-order valence-electron chi connectivity index (χ2n) is 7.04. The van der Waals surface area contributed by atoms with E-state index in [0.29, 0.717) is 33.8 Å². The van der Waals surface area contributed by atoms with Crippen LogP contribution in [0.25, 0.3) is 22.3 Å². The Morgan fingerprint density at radius 1 is 1.06 bits per heavy atom. The van der Waals surface area contributed by atoms with E-state index in [9.17, 15) is 20.0 Å². The first-order valence-corrected chi connectivity index (χ1v) is 9.88. The van der Waals surface area contributed by atoms with Crippen molar-refractivity contribution < 1.29 is 19.5 Å². The molecule has 33 heavy (non-hydrogen) atoms. The van der Waals surface area contributed by atoms with Crippen LogP contribution in [0.5, 0.6) is 17.2 Å². The lowest BCUT2D eigenvalue weighted by molar-refractivity contribution is -0.385. The van der Waals surface area contributed by atoms with Crippen molar-refractivity contribution in [3.8, 4) is 28.6 Å². The van der Waals surface area contributed by atoms with Crippen LogP contribution in [0.1, 0.15) is 5.56 Å². The van der Waals surface area contributed by atoms with Gasteiger partial charge >= 0.3 is 5.69 Å². The first-order valence-electron chi connectivity index (χ1n) is 9.88. The van der Waals surface area contributed by atoms with E-state index in [1.54, 1.807) is 42.5 Å². The van der Waals surface area contributed by atoms with Crippen LogP contribution in [-0.2, 0) is 6.54 Å². The summed E-state index contributed by atoms with van der Waals surface area (Å²) in [6.45, 7) is -0.0618. The zero-order valence-corrected chi connectivity index (χ0v) is 17.8. The fraction of sp³-hybridized carbons (Fsp3) is 0.130. The quantitative estimate of drug-likeness (QED) is 0.325. The van der Waals surface area contributed by atoms with Crippen LogP contribution < -0.4 is 20.5 Å². The van der Waals surface area contributed by atoms with Crippen LogP contribution in [0.4, 0.5) is 5.69 Å². The normalized spacial score (nSPS) is 10.7. The van der Waals surface area contributed by atoms with Gasteiger partial charge in [0.2, 0.25) is 0 Å². The molecule has 1 heterocycles. The second kappa shape index (κ2) is 8.87. The van der Waals surface area contributed by atoms with Gasteiger partial charge in [0.15, 0.2) is 23.1 Å². The molecule has 0 aliphatic heterocycles. The number of benzene rings is 3. The number of nitrogens with one attached hydrogen (secondary N) is 1. The summed E-state index contributed by atoms with van der Waals surface area (Å²) in [6, 6.07) is 16.2. The van der Waals surface area contributed by atoms with Gasteiger partial charge < -0.3 is 20.0 Å². The van der Waals surface area contributed by atoms with Crippen LogP contribution >= 0.6 is 0 Å². The van der Waals surface area contributed by atoms with E-state index < -0.39 is 16.4 Å². The number of nitrogens with zero attached hydrogens (tertiary/aromatic N) is 3. The van der Waals surface area contributed by atoms with Gasteiger partial charge in [0, 0.05) is 17.2 Å². The van der Waals surface area contributed by atoms with Crippen LogP contribution in [-0.4, -0.2) is 33.9 Å². The molecule has 0 saturated carbocycles. The number of rotatable bonds is 7. The summed E-state index contributed by atoms with van der Waals surface area (Å²) in [5, 5.41) is 21.8. The van der Waals surface area contributed by atoms with Gasteiger partial charge in [-0.05, 0) is 30.3 Å². The van der Waals surface area contributed by atoms with Crippen molar-refractivity contribution in [2.75, 3.05) is 19.6 Å². The van der Waals surface area contributed by atoms with Crippen molar-refractivity contribution >= 4 is 16.6 Å². The number of nitro groups is 1. The lowest BCUT2D eigenvalue weighted by Crippen LogP contribution is -2.31. The van der Waals surface area contributed by atoms with Crippen molar-refractivity contribution in [1.82, 2.24) is 9.66 Å². The molecule has 0 aliphatic rings. The van der Waals surface area contributed by atoms with Crippen molar-refractivity contribution in [1.29, 1.82) is 0 Å². The predicted molar refractivity (Wildman–Crippen MR) is 122 cm³/mol. The van der Waals surface area contributed by atoms with Gasteiger partial charge in [-0.15, -0.1) is 0 Å². The first kappa shape index (κ1) is 21.6. The zero-order chi connectivity index (χ0) is 23.5. The van der Waals surface area contributed by atoms with Gasteiger partial charge in [-0.1, -0.05) is 24.3 Å². The summed E-state index contributed by atoms with van der Waals surface area (Å²) in [4.78, 5) is 28.4. The van der Waals surface area contributed by atoms with E-state index in [1.165, 1.54) is 37.1 Å². The molecule has 4 aromatic rings. The summed E-state index contributed by atoms with van der Waals surface area (Å²) in [5.74, 6) is 0.805. The van der Waals surface area contributed by atoms with E-state index >= 15 is 0 Å². The Labute approximate surface area is 187 Å². The topological polar surface area (TPSA) is 129 Å². The van der Waals surface area contributed by atoms with Crippen molar-refractivity contribution in [3.63, 3.8) is 0 Å². The van der Waals surface area contributed by atoms with Crippen molar-refractivity contribution in [3.05, 3.63) is 86.7 Å². The molecule has 0 spiro atoms. The molecule has 168 valence electrons. The minimum atomic E-state index is -0.669. The standard InChI is InChI=1S/C23H20N4O6/c1-32-19-11-10-14(12-20(19)33-2)22-25-17-8-4-3-7-16(17)23(29)26(22)24-13-15-6-5-9-18(21(15)28)27(30)31/h3-12,24,28H,13H2,1-2H3. The van der Waals surface area contributed by atoms with Gasteiger partial charge in [-0.2, -0.15) is 0 Å². The second-order valence-corrected chi connectivity index (χ2v) is 7.04. The largest absolute Gasteiger partial charge is 0.502 e. The van der Waals surface area contributed by atoms with Gasteiger partial charge in [0.1, 0.15) is 0 Å². The summed E-state index contributed by atoms with van der Waals surface area (Å²) in [5.41, 5.74) is 3.50. The molecule has 10 heteroatoms. The highest BCUT2D eigenvalue weighted by molar-refractivity contribution is 5.80. The maximum atomic E-state index is 13.3. The summed E-state index contributed by atoms with van der Waals surface area (Å²) in [6.07, 6.45) is 0. The Morgan fingerprint density at radius 3 is 2.55 bits per heavy atom. The molecule has 2 N–H and O–H groups in total. The molecule has 1 aromatic heterocycles. The Hall–Kier alpha value is -4.60. The lowest BCUT2D eigenvalue weighted by Gasteiger charge is -2.17. The molecule has 0 atom stereocenters. The maximum absolute atomic E-state index is 13.3. The number of phenolic OH excluding ortho intramolecular Hbond substituents is 1. The minimum Gasteiger partial charge on any atom is -0.502 e. The number of aromatic hydroxyl groups is 1. The Morgan fingerprint density at radius 2 is 1.82 bits per heavy atom. The molecular weight excluding hydrogens is 428 g/mol. The number of methoxy groups -OCH3 is 2. The number of hydrogen-bond donors (Lipinski definition) is 2. The van der Waals surface area contributed by atoms with E-state index in [0.717, 1.165) is 0 Å². The number of aromatic nitrogens is 2. The number of ether oxygens (including phenoxy) is 2. The van der Waals surface area contributed by atoms with E-state index in [2.05, 4.69) is 10.4 Å². The Kier molecular flexibility index (Phi) is 5.81. The van der Waals surface area contributed by atoms with Crippen LogP contribution in [0.2, 0.25) is 0 Å². The predicted octanol–water partition coefficient (Wildman–Crippen LogP) is 3.44. The molecule has 10 nitrogen and oxygen atoms in total. The smallest absolute Gasteiger partial charge is 0.311 e. The number of phenols is 1. The molecule has 0 radical (unpaired) electrons. The molecule has 3 aromatic carbocycles. The zero-order valence-electron chi connectivity index (χ0n) is 17.8. The number of para-hydroxylation sites is 2. The van der Waals surface area contributed by atoms with Crippen LogP contribution in [0.3, 0.4) is 0 Å². The van der Waals surface area contributed by atoms with Crippen LogP contribution in [0, 0.1) is 10.1 Å². The molecular formula is C23H20N4O6. The van der Waals surface area contributed by atoms with Crippen molar-refractivity contribution in [2.24, 2.45) is 0 Å². The highest BCUT2D eigenvalue weighted by Crippen LogP contribution is 2.32. The average Bonchev–Trinajstić information content (AvgIpc) is 2.83. The molecule has 0 bridgehead atoms. The molecule has 0 unspecified atom stereocenters. The lowest BCUT2D eigenvalue weighted by atomic mass is 10.1. The fourth-order valence-electron chi connectivity index (χ4n) is 3.48. The fourth-order valence-corrected chi connectivity index (χ4v) is 3.48. The monoisotopic (exact) mass is 448 g/mol. The molecule has 0 aliphatic carbocycles. The SMILES string of the molecule is COc1ccc(-c2nc3ccccc3c(=O)n2NCc2cccc([N+](=O)[O-])c2O)cc1OC. The van der Waals surface area contributed by atoms with Crippen molar-refractivity contribution in [2.45, 2.75) is 6.54 Å². The number of hydrogen-bond acceptors (Lipinski definition) is 8. The van der Waals surface area contributed by atoms with Gasteiger partial charge in [-0.3, -0.25) is 14.9 Å².